The van der Waals surface area contributed by atoms with Crippen LogP contribution in [0.25, 0.3) is 10.7 Å². The van der Waals surface area contributed by atoms with Crippen LogP contribution in [-0.4, -0.2) is 46.8 Å². The van der Waals surface area contributed by atoms with Crippen molar-refractivity contribution in [2.45, 2.75) is 38.0 Å². The number of hydrogen-bond acceptors (Lipinski definition) is 9. The minimum atomic E-state index is -3.74. The van der Waals surface area contributed by atoms with Crippen LogP contribution in [0.4, 0.5) is 5.13 Å². The van der Waals surface area contributed by atoms with E-state index in [1.54, 1.807) is 24.6 Å². The number of thiophene rings is 1. The number of nitrogens with one attached hydrogen (secondary N) is 1. The Morgan fingerprint density at radius 3 is 2.97 bits per heavy atom. The van der Waals surface area contributed by atoms with Gasteiger partial charge in [0.15, 0.2) is 5.13 Å². The molecule has 0 aliphatic carbocycles. The normalized spacial score (nSPS) is 17.9. The van der Waals surface area contributed by atoms with Crippen LogP contribution < -0.4 is 5.32 Å². The molecule has 0 saturated carbocycles. The Bertz CT molecular complexity index is 1140. The highest BCUT2D eigenvalue weighted by Crippen LogP contribution is 2.35. The number of aromatic nitrogens is 3. The SMILES string of the molecule is CCc1nc(-c2cc(S(=O)(=O)N3CCCC(C(=O)Nc4nccs4)C3)c(C)s2)no1. The van der Waals surface area contributed by atoms with Crippen LogP contribution in [-0.2, 0) is 21.2 Å². The van der Waals surface area contributed by atoms with Gasteiger partial charge in [0.05, 0.1) is 15.7 Å². The summed E-state index contributed by atoms with van der Waals surface area (Å²) in [4.78, 5) is 22.4. The Hall–Kier alpha value is -2.15. The van der Waals surface area contributed by atoms with Crippen molar-refractivity contribution in [1.82, 2.24) is 19.4 Å². The molecule has 4 rings (SSSR count). The van der Waals surface area contributed by atoms with Crippen LogP contribution in [0.3, 0.4) is 0 Å². The molecule has 1 amide bonds. The molecule has 1 aliphatic heterocycles. The molecule has 1 saturated heterocycles. The van der Waals surface area contributed by atoms with Gasteiger partial charge in [-0.15, -0.1) is 22.7 Å². The van der Waals surface area contributed by atoms with Crippen molar-refractivity contribution in [3.8, 4) is 10.7 Å². The van der Waals surface area contributed by atoms with Crippen LogP contribution in [0.1, 0.15) is 30.5 Å². The minimum absolute atomic E-state index is 0.145. The third-order valence-corrected chi connectivity index (χ3v) is 8.75. The molecule has 9 nitrogen and oxygen atoms in total. The Balaban J connectivity index is 1.53. The fourth-order valence-corrected chi connectivity index (χ4v) is 6.88. The molecule has 0 spiro atoms. The smallest absolute Gasteiger partial charge is 0.244 e. The van der Waals surface area contributed by atoms with E-state index in [1.807, 2.05) is 6.92 Å². The van der Waals surface area contributed by atoms with Crippen molar-refractivity contribution in [3.63, 3.8) is 0 Å². The number of sulfonamides is 1. The molecule has 0 aromatic carbocycles. The monoisotopic (exact) mass is 467 g/mol. The van der Waals surface area contributed by atoms with E-state index in [9.17, 15) is 13.2 Å². The standard InChI is InChI=1S/C18H21N5O4S3/c1-3-15-20-16(22-27-15)13-9-14(11(2)29-13)30(25,26)23-7-4-5-12(10-23)17(24)21-18-19-6-8-28-18/h6,8-9,12H,3-5,7,10H2,1-2H3,(H,19,21,24). The summed E-state index contributed by atoms with van der Waals surface area (Å²) in [6.07, 6.45) is 3.48. The molecule has 3 aromatic rings. The van der Waals surface area contributed by atoms with E-state index in [4.69, 9.17) is 4.52 Å². The molecule has 160 valence electrons. The maximum absolute atomic E-state index is 13.3. The Labute approximate surface area is 182 Å². The summed E-state index contributed by atoms with van der Waals surface area (Å²) in [7, 11) is -3.74. The summed E-state index contributed by atoms with van der Waals surface area (Å²) in [5, 5.41) is 9.00. The molecule has 30 heavy (non-hydrogen) atoms. The van der Waals surface area contributed by atoms with Gasteiger partial charge in [-0.05, 0) is 25.8 Å². The third-order valence-electron chi connectivity index (χ3n) is 4.90. The summed E-state index contributed by atoms with van der Waals surface area (Å²) >= 11 is 2.65. The Kier molecular flexibility index (Phi) is 6.00. The zero-order chi connectivity index (χ0) is 21.3. The molecule has 1 atom stereocenters. The molecule has 0 bridgehead atoms. The number of anilines is 1. The zero-order valence-electron chi connectivity index (χ0n) is 16.5. The molecule has 1 fully saturated rings. The summed E-state index contributed by atoms with van der Waals surface area (Å²) in [5.74, 6) is 0.276. The Morgan fingerprint density at radius 2 is 2.27 bits per heavy atom. The number of carbonyl (C=O) groups excluding carboxylic acids is 1. The quantitative estimate of drug-likeness (QED) is 0.591. The van der Waals surface area contributed by atoms with Gasteiger partial charge in [0.25, 0.3) is 0 Å². The second-order valence-electron chi connectivity index (χ2n) is 6.93. The van der Waals surface area contributed by atoms with Gasteiger partial charge in [0, 0.05) is 36.0 Å². The first-order chi connectivity index (χ1) is 14.4. The van der Waals surface area contributed by atoms with Crippen molar-refractivity contribution in [2.24, 2.45) is 5.92 Å². The second kappa shape index (κ2) is 8.53. The maximum atomic E-state index is 13.3. The summed E-state index contributed by atoms with van der Waals surface area (Å²) < 4.78 is 33.2. The molecular formula is C18H21N5O4S3. The van der Waals surface area contributed by atoms with Crippen molar-refractivity contribution < 1.29 is 17.7 Å². The minimum Gasteiger partial charge on any atom is -0.339 e. The topological polar surface area (TPSA) is 118 Å². The van der Waals surface area contributed by atoms with Crippen LogP contribution in [0.15, 0.2) is 27.1 Å². The van der Waals surface area contributed by atoms with Crippen molar-refractivity contribution in [1.29, 1.82) is 0 Å². The van der Waals surface area contributed by atoms with E-state index in [2.05, 4.69) is 20.4 Å². The summed E-state index contributed by atoms with van der Waals surface area (Å²) in [6, 6.07) is 1.60. The molecule has 4 heterocycles. The van der Waals surface area contributed by atoms with E-state index in [1.165, 1.54) is 27.0 Å². The highest BCUT2D eigenvalue weighted by Gasteiger charge is 2.35. The summed E-state index contributed by atoms with van der Waals surface area (Å²) in [5.41, 5.74) is 0. The highest BCUT2D eigenvalue weighted by atomic mass is 32.2. The van der Waals surface area contributed by atoms with Crippen molar-refractivity contribution >= 4 is 43.7 Å². The van der Waals surface area contributed by atoms with Gasteiger partial charge in [0.2, 0.25) is 27.6 Å². The van der Waals surface area contributed by atoms with E-state index in [0.29, 0.717) is 52.4 Å². The van der Waals surface area contributed by atoms with Crippen molar-refractivity contribution in [3.05, 3.63) is 28.4 Å². The molecule has 3 aromatic heterocycles. The number of piperidine rings is 1. The van der Waals surface area contributed by atoms with Gasteiger partial charge in [-0.25, -0.2) is 13.4 Å². The maximum Gasteiger partial charge on any atom is 0.244 e. The molecular weight excluding hydrogens is 446 g/mol. The lowest BCUT2D eigenvalue weighted by atomic mass is 9.99. The lowest BCUT2D eigenvalue weighted by Gasteiger charge is -2.31. The lowest BCUT2D eigenvalue weighted by Crippen LogP contribution is -2.43. The Morgan fingerprint density at radius 1 is 1.43 bits per heavy atom. The first-order valence-corrected chi connectivity index (χ1v) is 12.7. The van der Waals surface area contributed by atoms with Gasteiger partial charge in [-0.3, -0.25) is 4.79 Å². The van der Waals surface area contributed by atoms with E-state index < -0.39 is 15.9 Å². The molecule has 1 N–H and O–H groups in total. The van der Waals surface area contributed by atoms with Crippen LogP contribution in [0, 0.1) is 12.8 Å². The number of rotatable bonds is 6. The van der Waals surface area contributed by atoms with E-state index in [-0.39, 0.29) is 17.3 Å². The highest BCUT2D eigenvalue weighted by molar-refractivity contribution is 7.89. The van der Waals surface area contributed by atoms with Gasteiger partial charge < -0.3 is 9.84 Å². The number of amides is 1. The largest absolute Gasteiger partial charge is 0.339 e. The van der Waals surface area contributed by atoms with Crippen LogP contribution >= 0.6 is 22.7 Å². The predicted molar refractivity (Wildman–Crippen MR) is 114 cm³/mol. The number of hydrogen-bond donors (Lipinski definition) is 1. The first kappa shape index (κ1) is 21.1. The van der Waals surface area contributed by atoms with Gasteiger partial charge in [0.1, 0.15) is 0 Å². The fraction of sp³-hybridized carbons (Fsp3) is 0.444. The van der Waals surface area contributed by atoms with E-state index in [0.717, 1.165) is 0 Å². The van der Waals surface area contributed by atoms with Gasteiger partial charge in [-0.1, -0.05) is 12.1 Å². The van der Waals surface area contributed by atoms with Crippen LogP contribution in [0.2, 0.25) is 0 Å². The predicted octanol–water partition coefficient (Wildman–Crippen LogP) is 3.16. The number of carbonyl (C=O) groups is 1. The first-order valence-electron chi connectivity index (χ1n) is 9.52. The summed E-state index contributed by atoms with van der Waals surface area (Å²) in [6.45, 7) is 4.20. The van der Waals surface area contributed by atoms with Gasteiger partial charge >= 0.3 is 0 Å². The van der Waals surface area contributed by atoms with Crippen molar-refractivity contribution in [2.75, 3.05) is 18.4 Å². The molecule has 0 radical (unpaired) electrons. The average Bonchev–Trinajstić information content (AvgIpc) is 3.48. The third kappa shape index (κ3) is 4.17. The van der Waals surface area contributed by atoms with E-state index >= 15 is 0 Å². The fourth-order valence-electron chi connectivity index (χ4n) is 3.34. The lowest BCUT2D eigenvalue weighted by molar-refractivity contribution is -0.120. The van der Waals surface area contributed by atoms with Crippen LogP contribution in [0.5, 0.6) is 0 Å². The number of aryl methyl sites for hydroxylation is 2. The molecule has 12 heteroatoms. The van der Waals surface area contributed by atoms with Gasteiger partial charge in [-0.2, -0.15) is 9.29 Å². The number of thiazole rings is 1. The average molecular weight is 468 g/mol. The molecule has 1 unspecified atom stereocenters. The zero-order valence-corrected chi connectivity index (χ0v) is 18.9. The second-order valence-corrected chi connectivity index (χ2v) is 11.0. The number of nitrogens with zero attached hydrogens (tertiary/aromatic N) is 4. The molecule has 1 aliphatic rings.